The SMILES string of the molecule is COc1ccc(C)cc1NC(=O)CCS(=O)(=O)c1ccc(OC)c(OC)c1. The van der Waals surface area contributed by atoms with E-state index in [9.17, 15) is 13.2 Å². The molecule has 2 aromatic carbocycles. The maximum absolute atomic E-state index is 12.5. The normalized spacial score (nSPS) is 11.0. The van der Waals surface area contributed by atoms with Gasteiger partial charge in [-0.2, -0.15) is 0 Å². The molecular weight excluding hydrogens is 370 g/mol. The smallest absolute Gasteiger partial charge is 0.225 e. The molecule has 7 nitrogen and oxygen atoms in total. The minimum atomic E-state index is -3.66. The van der Waals surface area contributed by atoms with Crippen molar-refractivity contribution in [2.24, 2.45) is 0 Å². The lowest BCUT2D eigenvalue weighted by Crippen LogP contribution is -2.18. The number of nitrogens with one attached hydrogen (secondary N) is 1. The molecule has 0 aliphatic rings. The first-order valence-corrected chi connectivity index (χ1v) is 9.85. The largest absolute Gasteiger partial charge is 0.495 e. The second kappa shape index (κ2) is 8.77. The molecule has 2 aromatic rings. The first kappa shape index (κ1) is 20.6. The highest BCUT2D eigenvalue weighted by atomic mass is 32.2. The Balaban J connectivity index is 2.09. The quantitative estimate of drug-likeness (QED) is 0.742. The van der Waals surface area contributed by atoms with Crippen LogP contribution in [0.15, 0.2) is 41.3 Å². The van der Waals surface area contributed by atoms with E-state index >= 15 is 0 Å². The summed E-state index contributed by atoms with van der Waals surface area (Å²) in [5.41, 5.74) is 1.45. The number of benzene rings is 2. The third kappa shape index (κ3) is 5.13. The predicted molar refractivity (Wildman–Crippen MR) is 103 cm³/mol. The molecule has 0 aromatic heterocycles. The van der Waals surface area contributed by atoms with Crippen LogP contribution in [0.5, 0.6) is 17.2 Å². The number of rotatable bonds is 8. The van der Waals surface area contributed by atoms with Crippen molar-refractivity contribution in [3.8, 4) is 17.2 Å². The van der Waals surface area contributed by atoms with Crippen LogP contribution in [-0.4, -0.2) is 41.4 Å². The molecule has 0 spiro atoms. The average molecular weight is 393 g/mol. The first-order chi connectivity index (χ1) is 12.8. The fourth-order valence-corrected chi connectivity index (χ4v) is 3.74. The van der Waals surface area contributed by atoms with Gasteiger partial charge in [0.2, 0.25) is 5.91 Å². The molecule has 1 N–H and O–H groups in total. The number of aryl methyl sites for hydroxylation is 1. The number of anilines is 1. The van der Waals surface area contributed by atoms with Crippen LogP contribution in [0.25, 0.3) is 0 Å². The van der Waals surface area contributed by atoms with Crippen LogP contribution in [0.3, 0.4) is 0 Å². The summed E-state index contributed by atoms with van der Waals surface area (Å²) in [5.74, 6) is 0.510. The minimum absolute atomic E-state index is 0.0705. The number of ether oxygens (including phenoxy) is 3. The number of methoxy groups -OCH3 is 3. The van der Waals surface area contributed by atoms with E-state index < -0.39 is 15.7 Å². The predicted octanol–water partition coefficient (Wildman–Crippen LogP) is 2.82. The zero-order valence-corrected chi connectivity index (χ0v) is 16.6. The fourth-order valence-electron chi connectivity index (χ4n) is 2.49. The summed E-state index contributed by atoms with van der Waals surface area (Å²) < 4.78 is 40.5. The van der Waals surface area contributed by atoms with Crippen LogP contribution < -0.4 is 19.5 Å². The molecule has 0 atom stereocenters. The molecule has 0 radical (unpaired) electrons. The van der Waals surface area contributed by atoms with Crippen LogP contribution in [0.4, 0.5) is 5.69 Å². The lowest BCUT2D eigenvalue weighted by Gasteiger charge is -2.12. The van der Waals surface area contributed by atoms with E-state index in [-0.39, 0.29) is 17.1 Å². The molecule has 0 saturated heterocycles. The number of carbonyl (C=O) groups excluding carboxylic acids is 1. The van der Waals surface area contributed by atoms with Gasteiger partial charge >= 0.3 is 0 Å². The summed E-state index contributed by atoms with van der Waals surface area (Å²) in [4.78, 5) is 12.3. The van der Waals surface area contributed by atoms with Gasteiger partial charge in [-0.25, -0.2) is 8.42 Å². The monoisotopic (exact) mass is 393 g/mol. The van der Waals surface area contributed by atoms with Gasteiger partial charge in [-0.1, -0.05) is 6.07 Å². The summed E-state index contributed by atoms with van der Waals surface area (Å²) in [5, 5.41) is 2.69. The Kier molecular flexibility index (Phi) is 6.68. The van der Waals surface area contributed by atoms with Crippen molar-refractivity contribution in [2.75, 3.05) is 32.4 Å². The molecular formula is C19H23NO6S. The molecule has 0 aliphatic carbocycles. The number of sulfone groups is 1. The Hall–Kier alpha value is -2.74. The average Bonchev–Trinajstić information content (AvgIpc) is 2.66. The van der Waals surface area contributed by atoms with Gasteiger partial charge in [-0.3, -0.25) is 4.79 Å². The summed E-state index contributed by atoms with van der Waals surface area (Å²) in [6, 6.07) is 9.69. The van der Waals surface area contributed by atoms with Gasteiger partial charge in [0.1, 0.15) is 5.75 Å². The van der Waals surface area contributed by atoms with Crippen LogP contribution in [-0.2, 0) is 14.6 Å². The van der Waals surface area contributed by atoms with Gasteiger partial charge in [0, 0.05) is 12.5 Å². The highest BCUT2D eigenvalue weighted by Gasteiger charge is 2.19. The van der Waals surface area contributed by atoms with Crippen LogP contribution >= 0.6 is 0 Å². The molecule has 8 heteroatoms. The third-order valence-corrected chi connectivity index (χ3v) is 5.65. The fraction of sp³-hybridized carbons (Fsp3) is 0.316. The molecule has 1 amide bonds. The third-order valence-electron chi connectivity index (χ3n) is 3.94. The summed E-state index contributed by atoms with van der Waals surface area (Å²) >= 11 is 0. The molecule has 0 heterocycles. The van der Waals surface area contributed by atoms with Gasteiger partial charge in [0.15, 0.2) is 21.3 Å². The Morgan fingerprint density at radius 2 is 1.56 bits per heavy atom. The van der Waals surface area contributed by atoms with Gasteiger partial charge in [0.05, 0.1) is 37.7 Å². The maximum atomic E-state index is 12.5. The number of carbonyl (C=O) groups is 1. The van der Waals surface area contributed by atoms with E-state index in [1.54, 1.807) is 12.1 Å². The topological polar surface area (TPSA) is 90.9 Å². The Bertz CT molecular complexity index is 924. The van der Waals surface area contributed by atoms with E-state index in [2.05, 4.69) is 5.32 Å². The Labute approximate surface area is 159 Å². The van der Waals surface area contributed by atoms with Gasteiger partial charge in [0.25, 0.3) is 0 Å². The molecule has 0 saturated carbocycles. The highest BCUT2D eigenvalue weighted by molar-refractivity contribution is 7.91. The minimum Gasteiger partial charge on any atom is -0.495 e. The maximum Gasteiger partial charge on any atom is 0.225 e. The second-order valence-electron chi connectivity index (χ2n) is 5.84. The summed E-state index contributed by atoms with van der Waals surface area (Å²) in [6.45, 7) is 1.89. The van der Waals surface area contributed by atoms with E-state index in [0.29, 0.717) is 22.9 Å². The molecule has 0 unspecified atom stereocenters. The van der Waals surface area contributed by atoms with Gasteiger partial charge < -0.3 is 19.5 Å². The standard InChI is InChI=1S/C19H23NO6S/c1-13-5-7-16(24-2)15(11-13)20-19(21)9-10-27(22,23)14-6-8-17(25-3)18(12-14)26-4/h5-8,11-12H,9-10H2,1-4H3,(H,20,21). The van der Waals surface area contributed by atoms with E-state index in [4.69, 9.17) is 14.2 Å². The number of hydrogen-bond acceptors (Lipinski definition) is 6. The van der Waals surface area contributed by atoms with Crippen molar-refractivity contribution in [3.63, 3.8) is 0 Å². The zero-order valence-electron chi connectivity index (χ0n) is 15.7. The molecule has 146 valence electrons. The number of amides is 1. The van der Waals surface area contributed by atoms with Crippen LogP contribution in [0, 0.1) is 6.92 Å². The summed E-state index contributed by atoms with van der Waals surface area (Å²) in [6.07, 6.45) is -0.187. The van der Waals surface area contributed by atoms with E-state index in [1.807, 2.05) is 13.0 Å². The van der Waals surface area contributed by atoms with Crippen molar-refractivity contribution in [1.29, 1.82) is 0 Å². The zero-order chi connectivity index (χ0) is 20.0. The molecule has 0 bridgehead atoms. The number of hydrogen-bond donors (Lipinski definition) is 1. The molecule has 0 fully saturated rings. The Morgan fingerprint density at radius 3 is 2.19 bits per heavy atom. The van der Waals surface area contributed by atoms with Gasteiger partial charge in [-0.15, -0.1) is 0 Å². The van der Waals surface area contributed by atoms with Crippen LogP contribution in [0.2, 0.25) is 0 Å². The molecule has 0 aliphatic heterocycles. The van der Waals surface area contributed by atoms with Crippen molar-refractivity contribution in [1.82, 2.24) is 0 Å². The highest BCUT2D eigenvalue weighted by Crippen LogP contribution is 2.30. The molecule has 2 rings (SSSR count). The van der Waals surface area contributed by atoms with Crippen molar-refractivity contribution in [3.05, 3.63) is 42.0 Å². The van der Waals surface area contributed by atoms with Crippen molar-refractivity contribution >= 4 is 21.4 Å². The van der Waals surface area contributed by atoms with E-state index in [0.717, 1.165) is 5.56 Å². The van der Waals surface area contributed by atoms with Crippen molar-refractivity contribution < 1.29 is 27.4 Å². The molecule has 27 heavy (non-hydrogen) atoms. The lowest BCUT2D eigenvalue weighted by atomic mass is 10.2. The lowest BCUT2D eigenvalue weighted by molar-refractivity contribution is -0.115. The van der Waals surface area contributed by atoms with Crippen molar-refractivity contribution in [2.45, 2.75) is 18.2 Å². The van der Waals surface area contributed by atoms with Crippen LogP contribution in [0.1, 0.15) is 12.0 Å². The van der Waals surface area contributed by atoms with E-state index in [1.165, 1.54) is 39.5 Å². The first-order valence-electron chi connectivity index (χ1n) is 8.20. The van der Waals surface area contributed by atoms with Gasteiger partial charge in [-0.05, 0) is 36.8 Å². The Morgan fingerprint density at radius 1 is 0.926 bits per heavy atom. The second-order valence-corrected chi connectivity index (χ2v) is 7.95. The summed E-state index contributed by atoms with van der Waals surface area (Å²) in [7, 11) is 0.741.